The molecule has 1 aromatic rings. The molecule has 1 rings (SSSR count). The third kappa shape index (κ3) is 2.26. The lowest BCUT2D eigenvalue weighted by Gasteiger charge is -2.12. The second-order valence-corrected chi connectivity index (χ2v) is 3.13. The van der Waals surface area contributed by atoms with Gasteiger partial charge >= 0.3 is 0 Å². The lowest BCUT2D eigenvalue weighted by molar-refractivity contribution is 0.240. The van der Waals surface area contributed by atoms with Crippen molar-refractivity contribution in [2.45, 2.75) is 33.3 Å². The summed E-state index contributed by atoms with van der Waals surface area (Å²) in [6, 6.07) is 8.19. The van der Waals surface area contributed by atoms with E-state index in [2.05, 4.69) is 13.0 Å². The first kappa shape index (κ1) is 9.11. The Hall–Kier alpha value is -0.980. The highest BCUT2D eigenvalue weighted by molar-refractivity contribution is 5.33. The highest BCUT2D eigenvalue weighted by Gasteiger charge is 2.01. The smallest absolute Gasteiger partial charge is 0.122 e. The van der Waals surface area contributed by atoms with Gasteiger partial charge in [-0.2, -0.15) is 0 Å². The molecule has 0 aliphatic heterocycles. The van der Waals surface area contributed by atoms with Crippen molar-refractivity contribution in [2.24, 2.45) is 0 Å². The van der Waals surface area contributed by atoms with E-state index in [0.717, 1.165) is 12.2 Å². The second kappa shape index (κ2) is 4.15. The maximum atomic E-state index is 5.64. The normalized spacial score (nSPS) is 10.3. The molecular weight excluding hydrogens is 148 g/mol. The average molecular weight is 164 g/mol. The van der Waals surface area contributed by atoms with Crippen molar-refractivity contribution < 1.29 is 4.74 Å². The van der Waals surface area contributed by atoms with Crippen LogP contribution in [-0.2, 0) is 6.42 Å². The first-order valence-electron chi connectivity index (χ1n) is 4.48. The molecule has 0 unspecified atom stereocenters. The fraction of sp³-hybridized carbons (Fsp3) is 0.455. The maximum Gasteiger partial charge on any atom is 0.122 e. The van der Waals surface area contributed by atoms with Gasteiger partial charge in [-0.05, 0) is 31.9 Å². The van der Waals surface area contributed by atoms with E-state index in [1.165, 1.54) is 5.56 Å². The van der Waals surface area contributed by atoms with Gasteiger partial charge in [-0.1, -0.05) is 25.1 Å². The Balaban J connectivity index is 2.82. The molecule has 1 heteroatoms. The van der Waals surface area contributed by atoms with E-state index in [1.807, 2.05) is 32.0 Å². The largest absolute Gasteiger partial charge is 0.491 e. The SMILES string of the molecule is CCc1ccccc1OC(C)C. The second-order valence-electron chi connectivity index (χ2n) is 3.13. The van der Waals surface area contributed by atoms with Gasteiger partial charge in [-0.25, -0.2) is 0 Å². The first-order chi connectivity index (χ1) is 5.74. The first-order valence-corrected chi connectivity index (χ1v) is 4.48. The minimum Gasteiger partial charge on any atom is -0.491 e. The summed E-state index contributed by atoms with van der Waals surface area (Å²) in [6.45, 7) is 6.24. The van der Waals surface area contributed by atoms with Gasteiger partial charge in [0.1, 0.15) is 5.75 Å². The summed E-state index contributed by atoms with van der Waals surface area (Å²) in [5.74, 6) is 1.02. The summed E-state index contributed by atoms with van der Waals surface area (Å²) in [7, 11) is 0. The number of ether oxygens (including phenoxy) is 1. The zero-order chi connectivity index (χ0) is 8.97. The van der Waals surface area contributed by atoms with Gasteiger partial charge in [0.05, 0.1) is 6.10 Å². The van der Waals surface area contributed by atoms with E-state index in [9.17, 15) is 0 Å². The highest BCUT2D eigenvalue weighted by atomic mass is 16.5. The Bertz CT molecular complexity index is 241. The molecule has 0 heterocycles. The van der Waals surface area contributed by atoms with Crippen LogP contribution in [0.2, 0.25) is 0 Å². The minimum absolute atomic E-state index is 0.262. The topological polar surface area (TPSA) is 9.23 Å². The molecule has 0 aromatic heterocycles. The van der Waals surface area contributed by atoms with Gasteiger partial charge in [0.25, 0.3) is 0 Å². The predicted molar refractivity (Wildman–Crippen MR) is 51.6 cm³/mol. The molecule has 12 heavy (non-hydrogen) atoms. The van der Waals surface area contributed by atoms with Crippen LogP contribution < -0.4 is 4.74 Å². The minimum atomic E-state index is 0.262. The summed E-state index contributed by atoms with van der Waals surface area (Å²) in [5, 5.41) is 0. The Labute approximate surface area is 74.4 Å². The molecule has 0 atom stereocenters. The van der Waals surface area contributed by atoms with Crippen molar-refractivity contribution >= 4 is 0 Å². The van der Waals surface area contributed by atoms with Crippen LogP contribution in [0, 0.1) is 0 Å². The van der Waals surface area contributed by atoms with E-state index in [-0.39, 0.29) is 6.10 Å². The van der Waals surface area contributed by atoms with Crippen molar-refractivity contribution in [2.75, 3.05) is 0 Å². The molecule has 0 N–H and O–H groups in total. The zero-order valence-corrected chi connectivity index (χ0v) is 8.00. The number of aryl methyl sites for hydroxylation is 1. The van der Waals surface area contributed by atoms with Crippen LogP contribution >= 0.6 is 0 Å². The van der Waals surface area contributed by atoms with Gasteiger partial charge in [0.15, 0.2) is 0 Å². The number of rotatable bonds is 3. The number of benzene rings is 1. The van der Waals surface area contributed by atoms with Crippen LogP contribution in [0.15, 0.2) is 24.3 Å². The summed E-state index contributed by atoms with van der Waals surface area (Å²) in [4.78, 5) is 0. The van der Waals surface area contributed by atoms with Gasteiger partial charge in [-0.3, -0.25) is 0 Å². The number of para-hydroxylation sites is 1. The average Bonchev–Trinajstić information content (AvgIpc) is 2.04. The molecule has 0 amide bonds. The Morgan fingerprint density at radius 2 is 1.92 bits per heavy atom. The Morgan fingerprint density at radius 3 is 2.50 bits per heavy atom. The zero-order valence-electron chi connectivity index (χ0n) is 8.00. The summed E-state index contributed by atoms with van der Waals surface area (Å²) in [6.07, 6.45) is 1.29. The lowest BCUT2D eigenvalue weighted by Crippen LogP contribution is -2.06. The van der Waals surface area contributed by atoms with E-state index >= 15 is 0 Å². The van der Waals surface area contributed by atoms with Crippen molar-refractivity contribution in [3.05, 3.63) is 29.8 Å². The van der Waals surface area contributed by atoms with E-state index in [1.54, 1.807) is 0 Å². The molecule has 0 fully saturated rings. The van der Waals surface area contributed by atoms with Crippen molar-refractivity contribution in [3.8, 4) is 5.75 Å². The van der Waals surface area contributed by atoms with Gasteiger partial charge in [0.2, 0.25) is 0 Å². The number of hydrogen-bond donors (Lipinski definition) is 0. The van der Waals surface area contributed by atoms with Crippen molar-refractivity contribution in [1.29, 1.82) is 0 Å². The van der Waals surface area contributed by atoms with Crippen molar-refractivity contribution in [3.63, 3.8) is 0 Å². The van der Waals surface area contributed by atoms with Crippen LogP contribution in [0.5, 0.6) is 5.75 Å². The van der Waals surface area contributed by atoms with Crippen LogP contribution in [0.3, 0.4) is 0 Å². The predicted octanol–water partition coefficient (Wildman–Crippen LogP) is 3.04. The van der Waals surface area contributed by atoms with Gasteiger partial charge in [-0.15, -0.1) is 0 Å². The molecule has 0 aliphatic rings. The molecule has 0 aliphatic carbocycles. The standard InChI is InChI=1S/C11H16O/c1-4-10-7-5-6-8-11(10)12-9(2)3/h5-9H,4H2,1-3H3. The molecule has 1 nitrogen and oxygen atoms in total. The summed E-state index contributed by atoms with van der Waals surface area (Å²) in [5.41, 5.74) is 1.28. The molecule has 0 radical (unpaired) electrons. The van der Waals surface area contributed by atoms with E-state index < -0.39 is 0 Å². The van der Waals surface area contributed by atoms with E-state index in [0.29, 0.717) is 0 Å². The molecule has 0 spiro atoms. The van der Waals surface area contributed by atoms with Crippen LogP contribution in [0.25, 0.3) is 0 Å². The quantitative estimate of drug-likeness (QED) is 0.667. The van der Waals surface area contributed by atoms with Crippen LogP contribution in [0.4, 0.5) is 0 Å². The van der Waals surface area contributed by atoms with E-state index in [4.69, 9.17) is 4.74 Å². The third-order valence-corrected chi connectivity index (χ3v) is 1.72. The van der Waals surface area contributed by atoms with Gasteiger partial charge < -0.3 is 4.74 Å². The Morgan fingerprint density at radius 1 is 1.25 bits per heavy atom. The number of hydrogen-bond acceptors (Lipinski definition) is 1. The molecule has 0 saturated heterocycles. The molecule has 0 saturated carbocycles. The fourth-order valence-corrected chi connectivity index (χ4v) is 1.16. The van der Waals surface area contributed by atoms with Crippen molar-refractivity contribution in [1.82, 2.24) is 0 Å². The highest BCUT2D eigenvalue weighted by Crippen LogP contribution is 2.19. The molecular formula is C11H16O. The van der Waals surface area contributed by atoms with Crippen LogP contribution in [0.1, 0.15) is 26.3 Å². The maximum absolute atomic E-state index is 5.64. The Kier molecular flexibility index (Phi) is 3.15. The summed E-state index contributed by atoms with van der Waals surface area (Å²) < 4.78 is 5.64. The van der Waals surface area contributed by atoms with Gasteiger partial charge in [0, 0.05) is 0 Å². The molecule has 1 aromatic carbocycles. The van der Waals surface area contributed by atoms with Crippen LogP contribution in [-0.4, -0.2) is 6.10 Å². The molecule has 0 bridgehead atoms. The fourth-order valence-electron chi connectivity index (χ4n) is 1.16. The monoisotopic (exact) mass is 164 g/mol. The molecule has 66 valence electrons. The summed E-state index contributed by atoms with van der Waals surface area (Å²) >= 11 is 0. The lowest BCUT2D eigenvalue weighted by atomic mass is 10.1. The third-order valence-electron chi connectivity index (χ3n) is 1.72.